The predicted octanol–water partition coefficient (Wildman–Crippen LogP) is 2.04. The molecule has 1 aliphatic heterocycles. The molecule has 2 heteroatoms. The topological polar surface area (TPSA) is 20.3 Å². The van der Waals surface area contributed by atoms with Gasteiger partial charge in [0, 0.05) is 19.5 Å². The van der Waals surface area contributed by atoms with Crippen molar-refractivity contribution in [1.29, 1.82) is 0 Å². The van der Waals surface area contributed by atoms with Crippen molar-refractivity contribution < 1.29 is 4.79 Å². The Hall–Kier alpha value is -0.530. The van der Waals surface area contributed by atoms with E-state index in [1.54, 1.807) is 0 Å². The predicted molar refractivity (Wildman–Crippen MR) is 52.3 cm³/mol. The molecular weight excluding hydrogens is 162 g/mol. The summed E-state index contributed by atoms with van der Waals surface area (Å²) >= 11 is 0. The fraction of sp³-hybridized carbons (Fsp3) is 0.909. The summed E-state index contributed by atoms with van der Waals surface area (Å²) in [5, 5.41) is 0. The van der Waals surface area contributed by atoms with Gasteiger partial charge in [-0.25, -0.2) is 0 Å². The molecule has 2 rings (SSSR count). The number of fused-ring (bicyclic) bond motifs is 1. The zero-order valence-electron chi connectivity index (χ0n) is 8.46. The van der Waals surface area contributed by atoms with Crippen LogP contribution in [0, 0.1) is 11.8 Å². The van der Waals surface area contributed by atoms with E-state index in [0.29, 0.717) is 17.7 Å². The summed E-state index contributed by atoms with van der Waals surface area (Å²) in [6.07, 6.45) is 7.74. The Balaban J connectivity index is 2.04. The highest BCUT2D eigenvalue weighted by Gasteiger charge is 2.37. The van der Waals surface area contributed by atoms with Crippen LogP contribution < -0.4 is 0 Å². The summed E-state index contributed by atoms with van der Waals surface area (Å²) < 4.78 is 0. The number of hydrogen-bond donors (Lipinski definition) is 0. The number of carbonyl (C=O) groups is 1. The summed E-state index contributed by atoms with van der Waals surface area (Å²) in [6.45, 7) is 1.02. The lowest BCUT2D eigenvalue weighted by Gasteiger charge is -2.19. The second-order valence-corrected chi connectivity index (χ2v) is 4.58. The lowest BCUT2D eigenvalue weighted by Crippen LogP contribution is -2.22. The van der Waals surface area contributed by atoms with Crippen LogP contribution in [-0.4, -0.2) is 24.4 Å². The van der Waals surface area contributed by atoms with Gasteiger partial charge in [-0.2, -0.15) is 0 Å². The van der Waals surface area contributed by atoms with Crippen molar-refractivity contribution in [2.45, 2.75) is 38.5 Å². The van der Waals surface area contributed by atoms with Gasteiger partial charge in [0.2, 0.25) is 5.91 Å². The standard InChI is InChI=1S/C11H19NO/c1-12-8-9-6-4-2-3-5-7-10(9)11(12)13/h9-10H,2-8H2,1H3. The highest BCUT2D eigenvalue weighted by molar-refractivity contribution is 5.81. The van der Waals surface area contributed by atoms with Gasteiger partial charge in [-0.05, 0) is 18.8 Å². The number of carbonyl (C=O) groups excluding carboxylic acids is 1. The van der Waals surface area contributed by atoms with Gasteiger partial charge in [-0.3, -0.25) is 4.79 Å². The molecular formula is C11H19NO. The maximum Gasteiger partial charge on any atom is 0.225 e. The van der Waals surface area contributed by atoms with Crippen LogP contribution in [0.1, 0.15) is 38.5 Å². The molecule has 0 radical (unpaired) electrons. The molecule has 2 atom stereocenters. The highest BCUT2D eigenvalue weighted by atomic mass is 16.2. The lowest BCUT2D eigenvalue weighted by molar-refractivity contribution is -0.130. The van der Waals surface area contributed by atoms with E-state index >= 15 is 0 Å². The van der Waals surface area contributed by atoms with Crippen molar-refractivity contribution in [1.82, 2.24) is 4.90 Å². The van der Waals surface area contributed by atoms with Crippen LogP contribution in [0.25, 0.3) is 0 Å². The van der Waals surface area contributed by atoms with Crippen LogP contribution in [0.15, 0.2) is 0 Å². The fourth-order valence-electron chi connectivity index (χ4n) is 2.83. The smallest absolute Gasteiger partial charge is 0.225 e. The summed E-state index contributed by atoms with van der Waals surface area (Å²) in [6, 6.07) is 0. The minimum Gasteiger partial charge on any atom is -0.345 e. The van der Waals surface area contributed by atoms with Crippen LogP contribution in [0.3, 0.4) is 0 Å². The summed E-state index contributed by atoms with van der Waals surface area (Å²) in [5.41, 5.74) is 0. The molecule has 0 spiro atoms. The third-order valence-corrected chi connectivity index (χ3v) is 3.61. The molecule has 1 amide bonds. The van der Waals surface area contributed by atoms with Gasteiger partial charge in [0.15, 0.2) is 0 Å². The molecule has 74 valence electrons. The first-order valence-electron chi connectivity index (χ1n) is 5.54. The zero-order chi connectivity index (χ0) is 9.26. The van der Waals surface area contributed by atoms with Gasteiger partial charge in [-0.1, -0.05) is 25.7 Å². The average Bonchev–Trinajstić information content (AvgIpc) is 2.31. The Labute approximate surface area is 80.3 Å². The Kier molecular flexibility index (Phi) is 2.56. The Morgan fingerprint density at radius 3 is 2.62 bits per heavy atom. The van der Waals surface area contributed by atoms with Gasteiger partial charge >= 0.3 is 0 Å². The third kappa shape index (κ3) is 1.72. The zero-order valence-corrected chi connectivity index (χ0v) is 8.46. The number of nitrogens with zero attached hydrogens (tertiary/aromatic N) is 1. The Morgan fingerprint density at radius 1 is 1.15 bits per heavy atom. The van der Waals surface area contributed by atoms with Crippen molar-refractivity contribution in [3.8, 4) is 0 Å². The first-order valence-corrected chi connectivity index (χ1v) is 5.54. The molecule has 2 aliphatic rings. The second-order valence-electron chi connectivity index (χ2n) is 4.58. The molecule has 0 aromatic heterocycles. The van der Waals surface area contributed by atoms with Crippen LogP contribution in [0.4, 0.5) is 0 Å². The minimum absolute atomic E-state index is 0.380. The molecule has 1 heterocycles. The van der Waals surface area contributed by atoms with Crippen molar-refractivity contribution in [2.24, 2.45) is 11.8 Å². The second kappa shape index (κ2) is 3.69. The van der Waals surface area contributed by atoms with Crippen LogP contribution in [-0.2, 0) is 4.79 Å². The van der Waals surface area contributed by atoms with E-state index < -0.39 is 0 Å². The minimum atomic E-state index is 0.380. The first kappa shape index (κ1) is 9.04. The summed E-state index contributed by atoms with van der Waals surface area (Å²) in [4.78, 5) is 13.7. The van der Waals surface area contributed by atoms with Crippen molar-refractivity contribution >= 4 is 5.91 Å². The molecule has 0 N–H and O–H groups in total. The van der Waals surface area contributed by atoms with Crippen LogP contribution >= 0.6 is 0 Å². The largest absolute Gasteiger partial charge is 0.345 e. The molecule has 1 saturated carbocycles. The fourth-order valence-corrected chi connectivity index (χ4v) is 2.83. The molecule has 1 aliphatic carbocycles. The number of hydrogen-bond acceptors (Lipinski definition) is 1. The van der Waals surface area contributed by atoms with Gasteiger partial charge in [0.1, 0.15) is 0 Å². The molecule has 1 saturated heterocycles. The van der Waals surface area contributed by atoms with E-state index in [-0.39, 0.29) is 0 Å². The lowest BCUT2D eigenvalue weighted by atomic mass is 9.84. The summed E-state index contributed by atoms with van der Waals surface area (Å²) in [5.74, 6) is 1.47. The quantitative estimate of drug-likeness (QED) is 0.560. The van der Waals surface area contributed by atoms with Gasteiger partial charge in [0.25, 0.3) is 0 Å². The van der Waals surface area contributed by atoms with Gasteiger partial charge in [-0.15, -0.1) is 0 Å². The molecule has 0 aromatic carbocycles. The monoisotopic (exact) mass is 181 g/mol. The normalized spacial score (nSPS) is 35.5. The van der Waals surface area contributed by atoms with E-state index in [1.165, 1.54) is 32.1 Å². The van der Waals surface area contributed by atoms with Crippen LogP contribution in [0.5, 0.6) is 0 Å². The van der Waals surface area contributed by atoms with Crippen molar-refractivity contribution in [3.63, 3.8) is 0 Å². The Morgan fingerprint density at radius 2 is 1.85 bits per heavy atom. The van der Waals surface area contributed by atoms with E-state index in [1.807, 2.05) is 11.9 Å². The molecule has 2 nitrogen and oxygen atoms in total. The SMILES string of the molecule is CN1CC2CCCCCCC2C1=O. The van der Waals surface area contributed by atoms with Gasteiger partial charge < -0.3 is 4.90 Å². The molecule has 2 fully saturated rings. The number of rotatable bonds is 0. The van der Waals surface area contributed by atoms with E-state index in [2.05, 4.69) is 0 Å². The molecule has 0 aromatic rings. The van der Waals surface area contributed by atoms with Crippen molar-refractivity contribution in [2.75, 3.05) is 13.6 Å². The maximum absolute atomic E-state index is 11.7. The van der Waals surface area contributed by atoms with E-state index in [0.717, 1.165) is 13.0 Å². The summed E-state index contributed by atoms with van der Waals surface area (Å²) in [7, 11) is 1.95. The molecule has 2 unspecified atom stereocenters. The van der Waals surface area contributed by atoms with Crippen molar-refractivity contribution in [3.05, 3.63) is 0 Å². The number of amides is 1. The average molecular weight is 181 g/mol. The highest BCUT2D eigenvalue weighted by Crippen LogP contribution is 2.34. The first-order chi connectivity index (χ1) is 6.29. The maximum atomic E-state index is 11.7. The van der Waals surface area contributed by atoms with Crippen LogP contribution in [0.2, 0.25) is 0 Å². The van der Waals surface area contributed by atoms with Gasteiger partial charge in [0.05, 0.1) is 0 Å². The third-order valence-electron chi connectivity index (χ3n) is 3.61. The molecule has 13 heavy (non-hydrogen) atoms. The molecule has 0 bridgehead atoms. The Bertz CT molecular complexity index is 202. The number of likely N-dealkylation sites (tertiary alicyclic amines) is 1. The van der Waals surface area contributed by atoms with E-state index in [4.69, 9.17) is 0 Å². The van der Waals surface area contributed by atoms with E-state index in [9.17, 15) is 4.79 Å².